The Morgan fingerprint density at radius 2 is 2.05 bits per heavy atom. The van der Waals surface area contributed by atoms with Crippen LogP contribution in [0.1, 0.15) is 12.5 Å². The predicted molar refractivity (Wildman–Crippen MR) is 76.5 cm³/mol. The second-order valence-corrected chi connectivity index (χ2v) is 6.76. The molecule has 7 heteroatoms. The molecule has 1 aromatic carbocycles. The molecule has 5 nitrogen and oxygen atoms in total. The van der Waals surface area contributed by atoms with Crippen LogP contribution in [0, 0.1) is 0 Å². The molecule has 1 aliphatic rings. The third-order valence-electron chi connectivity index (χ3n) is 3.05. The Morgan fingerprint density at radius 3 is 2.58 bits per heavy atom. The van der Waals surface area contributed by atoms with Crippen LogP contribution in [0.5, 0.6) is 0 Å². The molecule has 0 radical (unpaired) electrons. The van der Waals surface area contributed by atoms with E-state index in [2.05, 4.69) is 0 Å². The number of morpholine rings is 1. The van der Waals surface area contributed by atoms with Crippen molar-refractivity contribution in [1.29, 1.82) is 0 Å². The van der Waals surface area contributed by atoms with Crippen molar-refractivity contribution >= 4 is 27.2 Å². The van der Waals surface area contributed by atoms with Gasteiger partial charge in [0.15, 0.2) is 0 Å². The van der Waals surface area contributed by atoms with Crippen molar-refractivity contribution in [3.63, 3.8) is 0 Å². The number of nitrogens with two attached hydrogens (primary N) is 1. The van der Waals surface area contributed by atoms with Crippen LogP contribution in [-0.4, -0.2) is 43.5 Å². The summed E-state index contributed by atoms with van der Waals surface area (Å²) < 4.78 is 31.7. The Balaban J connectivity index is 2.30. The molecule has 0 aliphatic carbocycles. The average molecular weight is 300 g/mol. The maximum Gasteiger partial charge on any atom is 0.243 e. The molecule has 2 N–H and O–H groups in total. The van der Waals surface area contributed by atoms with Gasteiger partial charge in [-0.15, -0.1) is 0 Å². The average Bonchev–Trinajstić information content (AvgIpc) is 2.39. The first-order chi connectivity index (χ1) is 8.93. The van der Waals surface area contributed by atoms with E-state index in [1.54, 1.807) is 12.1 Å². The standard InChI is InChI=1S/C12H16N2O3S2/c1-9-8-17-7-6-14(9)19(15,16)11-4-2-10(3-5-11)12(13)18/h2-5,9H,6-8H2,1H3,(H2,13,18). The largest absolute Gasteiger partial charge is 0.389 e. The third kappa shape index (κ3) is 2.94. The van der Waals surface area contributed by atoms with Crippen LogP contribution in [0.2, 0.25) is 0 Å². The lowest BCUT2D eigenvalue weighted by atomic mass is 10.2. The highest BCUT2D eigenvalue weighted by atomic mass is 32.2. The molecule has 0 spiro atoms. The van der Waals surface area contributed by atoms with Gasteiger partial charge in [-0.25, -0.2) is 8.42 Å². The van der Waals surface area contributed by atoms with Gasteiger partial charge in [-0.3, -0.25) is 0 Å². The smallest absolute Gasteiger partial charge is 0.243 e. The lowest BCUT2D eigenvalue weighted by Crippen LogP contribution is -2.46. The minimum atomic E-state index is -3.48. The van der Waals surface area contributed by atoms with E-state index in [1.807, 2.05) is 6.92 Å². The van der Waals surface area contributed by atoms with Gasteiger partial charge in [0.25, 0.3) is 0 Å². The third-order valence-corrected chi connectivity index (χ3v) is 5.32. The molecule has 1 fully saturated rings. The Kier molecular flexibility index (Phi) is 4.19. The van der Waals surface area contributed by atoms with Crippen LogP contribution in [0.4, 0.5) is 0 Å². The molecule has 1 unspecified atom stereocenters. The summed E-state index contributed by atoms with van der Waals surface area (Å²) in [5, 5.41) is 0. The van der Waals surface area contributed by atoms with Gasteiger partial charge in [-0.1, -0.05) is 24.4 Å². The summed E-state index contributed by atoms with van der Waals surface area (Å²) in [5.74, 6) is 0. The summed E-state index contributed by atoms with van der Waals surface area (Å²) in [6.07, 6.45) is 0. The molecule has 104 valence electrons. The van der Waals surface area contributed by atoms with E-state index >= 15 is 0 Å². The summed E-state index contributed by atoms with van der Waals surface area (Å²) in [6.45, 7) is 3.05. The van der Waals surface area contributed by atoms with E-state index in [0.29, 0.717) is 25.3 Å². The molecule has 1 saturated heterocycles. The minimum absolute atomic E-state index is 0.158. The quantitative estimate of drug-likeness (QED) is 0.833. The van der Waals surface area contributed by atoms with Crippen molar-refractivity contribution in [3.05, 3.63) is 29.8 Å². The molecule has 0 saturated carbocycles. The SMILES string of the molecule is CC1COCCN1S(=O)(=O)c1ccc(C(N)=S)cc1. The molecule has 0 aromatic heterocycles. The Bertz CT molecular complexity index is 569. The van der Waals surface area contributed by atoms with Gasteiger partial charge in [-0.05, 0) is 19.1 Å². The number of rotatable bonds is 3. The molecule has 0 amide bonds. The Labute approximate surface area is 118 Å². The van der Waals surface area contributed by atoms with E-state index < -0.39 is 10.0 Å². The van der Waals surface area contributed by atoms with Gasteiger partial charge in [0.05, 0.1) is 18.1 Å². The zero-order chi connectivity index (χ0) is 14.0. The zero-order valence-corrected chi connectivity index (χ0v) is 12.2. The lowest BCUT2D eigenvalue weighted by molar-refractivity contribution is 0.0393. The van der Waals surface area contributed by atoms with Crippen LogP contribution in [-0.2, 0) is 14.8 Å². The van der Waals surface area contributed by atoms with E-state index in [-0.39, 0.29) is 15.9 Å². The normalized spacial score (nSPS) is 21.2. The molecule has 2 rings (SSSR count). The fourth-order valence-corrected chi connectivity index (χ4v) is 3.73. The van der Waals surface area contributed by atoms with Crippen LogP contribution in [0.25, 0.3) is 0 Å². The van der Waals surface area contributed by atoms with Crippen molar-refractivity contribution in [2.45, 2.75) is 17.9 Å². The number of hydrogen-bond donors (Lipinski definition) is 1. The van der Waals surface area contributed by atoms with Crippen molar-refractivity contribution in [1.82, 2.24) is 4.31 Å². The Hall–Kier alpha value is -1.02. The van der Waals surface area contributed by atoms with E-state index in [0.717, 1.165) is 0 Å². The summed E-state index contributed by atoms with van der Waals surface area (Å²) in [5.41, 5.74) is 6.15. The number of ether oxygens (including phenoxy) is 1. The van der Waals surface area contributed by atoms with E-state index in [4.69, 9.17) is 22.7 Å². The van der Waals surface area contributed by atoms with Gasteiger partial charge >= 0.3 is 0 Å². The molecule has 1 aliphatic heterocycles. The number of sulfonamides is 1. The van der Waals surface area contributed by atoms with Gasteiger partial charge < -0.3 is 10.5 Å². The van der Waals surface area contributed by atoms with Crippen molar-refractivity contribution in [2.24, 2.45) is 5.73 Å². The van der Waals surface area contributed by atoms with Crippen molar-refractivity contribution in [2.75, 3.05) is 19.8 Å². The summed E-state index contributed by atoms with van der Waals surface area (Å²) in [6, 6.07) is 6.16. The summed E-state index contributed by atoms with van der Waals surface area (Å²) in [7, 11) is -3.48. The first kappa shape index (κ1) is 14.4. The fourth-order valence-electron chi connectivity index (χ4n) is 2.00. The van der Waals surface area contributed by atoms with E-state index in [9.17, 15) is 8.42 Å². The highest BCUT2D eigenvalue weighted by molar-refractivity contribution is 7.89. The van der Waals surface area contributed by atoms with Crippen LogP contribution >= 0.6 is 12.2 Å². The van der Waals surface area contributed by atoms with Crippen molar-refractivity contribution < 1.29 is 13.2 Å². The second kappa shape index (κ2) is 5.54. The number of benzene rings is 1. The first-order valence-corrected chi connectivity index (χ1v) is 7.77. The number of hydrogen-bond acceptors (Lipinski definition) is 4. The van der Waals surface area contributed by atoms with Crippen LogP contribution in [0.15, 0.2) is 29.2 Å². The molecule has 1 atom stereocenters. The van der Waals surface area contributed by atoms with Gasteiger partial charge in [0, 0.05) is 18.2 Å². The van der Waals surface area contributed by atoms with Crippen LogP contribution < -0.4 is 5.73 Å². The van der Waals surface area contributed by atoms with E-state index in [1.165, 1.54) is 16.4 Å². The molecule has 0 bridgehead atoms. The highest BCUT2D eigenvalue weighted by Gasteiger charge is 2.31. The minimum Gasteiger partial charge on any atom is -0.389 e. The summed E-state index contributed by atoms with van der Waals surface area (Å²) >= 11 is 4.84. The zero-order valence-electron chi connectivity index (χ0n) is 10.6. The van der Waals surface area contributed by atoms with Crippen molar-refractivity contribution in [3.8, 4) is 0 Å². The Morgan fingerprint density at radius 1 is 1.42 bits per heavy atom. The highest BCUT2D eigenvalue weighted by Crippen LogP contribution is 2.20. The maximum atomic E-state index is 12.5. The number of thiocarbonyl (C=S) groups is 1. The van der Waals surface area contributed by atoms with Gasteiger partial charge in [0.1, 0.15) is 4.99 Å². The first-order valence-electron chi connectivity index (χ1n) is 5.92. The summed E-state index contributed by atoms with van der Waals surface area (Å²) in [4.78, 5) is 0.505. The van der Waals surface area contributed by atoms with Gasteiger partial charge in [0.2, 0.25) is 10.0 Å². The molecular weight excluding hydrogens is 284 g/mol. The predicted octanol–water partition coefficient (Wildman–Crippen LogP) is 0.730. The lowest BCUT2D eigenvalue weighted by Gasteiger charge is -2.32. The molecule has 1 aromatic rings. The molecular formula is C12H16N2O3S2. The number of nitrogens with zero attached hydrogens (tertiary/aromatic N) is 1. The van der Waals surface area contributed by atoms with Gasteiger partial charge in [-0.2, -0.15) is 4.31 Å². The van der Waals surface area contributed by atoms with Crippen LogP contribution in [0.3, 0.4) is 0 Å². The maximum absolute atomic E-state index is 12.5. The fraction of sp³-hybridized carbons (Fsp3) is 0.417. The topological polar surface area (TPSA) is 72.6 Å². The molecule has 1 heterocycles. The molecule has 19 heavy (non-hydrogen) atoms. The monoisotopic (exact) mass is 300 g/mol. The second-order valence-electron chi connectivity index (χ2n) is 4.43.